The molecule has 0 spiro atoms. The first kappa shape index (κ1) is 11.3. The standard InChI is InChI=1S/C15H21N/c1-11(2)9-13-6-8-15-14(10-13)7-5-12(3)16(15)4/h6,8,10-11H,3,5,7,9H2,1-2,4H3. The van der Waals surface area contributed by atoms with Crippen LogP contribution in [0.25, 0.3) is 0 Å². The number of rotatable bonds is 2. The molecular formula is C15H21N. The van der Waals surface area contributed by atoms with Crippen LogP contribution in [0.3, 0.4) is 0 Å². The second kappa shape index (κ2) is 4.32. The third-order valence-electron chi connectivity index (χ3n) is 3.31. The van der Waals surface area contributed by atoms with Crippen LogP contribution in [0.1, 0.15) is 31.4 Å². The first-order valence-electron chi connectivity index (χ1n) is 6.11. The molecule has 0 bridgehead atoms. The van der Waals surface area contributed by atoms with Crippen molar-refractivity contribution in [2.24, 2.45) is 5.92 Å². The van der Waals surface area contributed by atoms with Crippen molar-refractivity contribution in [1.82, 2.24) is 0 Å². The molecule has 0 aromatic heterocycles. The molecule has 0 fully saturated rings. The summed E-state index contributed by atoms with van der Waals surface area (Å²) in [5.41, 5.74) is 5.51. The highest BCUT2D eigenvalue weighted by Crippen LogP contribution is 2.31. The Balaban J connectivity index is 2.30. The van der Waals surface area contributed by atoms with Crippen LogP contribution in [-0.4, -0.2) is 7.05 Å². The summed E-state index contributed by atoms with van der Waals surface area (Å²) in [6, 6.07) is 6.88. The maximum atomic E-state index is 4.09. The molecule has 1 heterocycles. The van der Waals surface area contributed by atoms with E-state index in [-0.39, 0.29) is 0 Å². The Morgan fingerprint density at radius 3 is 2.75 bits per heavy atom. The van der Waals surface area contributed by atoms with Crippen LogP contribution in [-0.2, 0) is 12.8 Å². The van der Waals surface area contributed by atoms with Gasteiger partial charge in [-0.2, -0.15) is 0 Å². The van der Waals surface area contributed by atoms with Gasteiger partial charge in [0.15, 0.2) is 0 Å². The zero-order valence-corrected chi connectivity index (χ0v) is 10.6. The fraction of sp³-hybridized carbons (Fsp3) is 0.467. The van der Waals surface area contributed by atoms with Gasteiger partial charge in [-0.15, -0.1) is 0 Å². The maximum absolute atomic E-state index is 4.09. The third-order valence-corrected chi connectivity index (χ3v) is 3.31. The highest BCUT2D eigenvalue weighted by molar-refractivity contribution is 5.60. The number of benzene rings is 1. The summed E-state index contributed by atoms with van der Waals surface area (Å²) < 4.78 is 0. The molecule has 86 valence electrons. The molecule has 0 amide bonds. The molecule has 0 N–H and O–H groups in total. The summed E-state index contributed by atoms with van der Waals surface area (Å²) >= 11 is 0. The molecule has 0 radical (unpaired) electrons. The van der Waals surface area contributed by atoms with E-state index in [1.807, 2.05) is 0 Å². The topological polar surface area (TPSA) is 3.24 Å². The van der Waals surface area contributed by atoms with Gasteiger partial charge in [0.25, 0.3) is 0 Å². The summed E-state index contributed by atoms with van der Waals surface area (Å²) in [7, 11) is 2.11. The fourth-order valence-corrected chi connectivity index (χ4v) is 2.38. The van der Waals surface area contributed by atoms with Gasteiger partial charge in [0.1, 0.15) is 0 Å². The molecule has 0 atom stereocenters. The number of allylic oxidation sites excluding steroid dienone is 1. The van der Waals surface area contributed by atoms with E-state index >= 15 is 0 Å². The highest BCUT2D eigenvalue weighted by Gasteiger charge is 2.16. The Morgan fingerprint density at radius 1 is 1.31 bits per heavy atom. The van der Waals surface area contributed by atoms with Crippen molar-refractivity contribution in [3.63, 3.8) is 0 Å². The summed E-state index contributed by atoms with van der Waals surface area (Å²) in [5, 5.41) is 0. The largest absolute Gasteiger partial charge is 0.349 e. The number of hydrogen-bond donors (Lipinski definition) is 0. The lowest BCUT2D eigenvalue weighted by Gasteiger charge is -2.30. The zero-order chi connectivity index (χ0) is 11.7. The highest BCUT2D eigenvalue weighted by atomic mass is 15.1. The smallest absolute Gasteiger partial charge is 0.0438 e. The van der Waals surface area contributed by atoms with E-state index in [4.69, 9.17) is 0 Å². The number of fused-ring (bicyclic) bond motifs is 1. The van der Waals surface area contributed by atoms with Gasteiger partial charge in [-0.25, -0.2) is 0 Å². The molecule has 0 saturated carbocycles. The van der Waals surface area contributed by atoms with Crippen LogP contribution in [0.4, 0.5) is 5.69 Å². The summed E-state index contributed by atoms with van der Waals surface area (Å²) in [4.78, 5) is 2.22. The van der Waals surface area contributed by atoms with Gasteiger partial charge in [0, 0.05) is 18.4 Å². The Labute approximate surface area is 98.8 Å². The Bertz CT molecular complexity index is 404. The first-order valence-corrected chi connectivity index (χ1v) is 6.11. The van der Waals surface area contributed by atoms with Crippen LogP contribution >= 0.6 is 0 Å². The summed E-state index contributed by atoms with van der Waals surface area (Å²) in [6.45, 7) is 8.63. The van der Waals surface area contributed by atoms with Crippen LogP contribution in [0.2, 0.25) is 0 Å². The molecule has 16 heavy (non-hydrogen) atoms. The van der Waals surface area contributed by atoms with Gasteiger partial charge >= 0.3 is 0 Å². The minimum Gasteiger partial charge on any atom is -0.349 e. The number of nitrogens with zero attached hydrogens (tertiary/aromatic N) is 1. The predicted octanol–water partition coefficient (Wildman–Crippen LogP) is 3.78. The minimum atomic E-state index is 0.731. The van der Waals surface area contributed by atoms with Gasteiger partial charge in [0.05, 0.1) is 0 Å². The molecule has 0 aliphatic carbocycles. The SMILES string of the molecule is C=C1CCc2cc(CC(C)C)ccc2N1C. The maximum Gasteiger partial charge on any atom is 0.0438 e. The van der Waals surface area contributed by atoms with Crippen molar-refractivity contribution < 1.29 is 0 Å². The van der Waals surface area contributed by atoms with Gasteiger partial charge in [0.2, 0.25) is 0 Å². The van der Waals surface area contributed by atoms with E-state index in [2.05, 4.69) is 50.6 Å². The molecule has 1 aliphatic rings. The van der Waals surface area contributed by atoms with Crippen LogP contribution in [0.15, 0.2) is 30.5 Å². The Hall–Kier alpha value is -1.24. The molecule has 1 heteroatoms. The molecule has 0 saturated heterocycles. The van der Waals surface area contributed by atoms with Crippen molar-refractivity contribution in [2.75, 3.05) is 11.9 Å². The molecular weight excluding hydrogens is 194 g/mol. The second-order valence-corrected chi connectivity index (χ2v) is 5.19. The van der Waals surface area contributed by atoms with Crippen molar-refractivity contribution in [1.29, 1.82) is 0 Å². The molecule has 1 aromatic carbocycles. The molecule has 1 aromatic rings. The number of anilines is 1. The van der Waals surface area contributed by atoms with E-state index in [0.717, 1.165) is 18.8 Å². The van der Waals surface area contributed by atoms with Crippen LogP contribution < -0.4 is 4.90 Å². The lowest BCUT2D eigenvalue weighted by Crippen LogP contribution is -2.22. The van der Waals surface area contributed by atoms with Crippen LogP contribution in [0.5, 0.6) is 0 Å². The Morgan fingerprint density at radius 2 is 2.06 bits per heavy atom. The molecule has 0 unspecified atom stereocenters. The van der Waals surface area contributed by atoms with E-state index < -0.39 is 0 Å². The quantitative estimate of drug-likeness (QED) is 0.725. The van der Waals surface area contributed by atoms with Gasteiger partial charge < -0.3 is 4.90 Å². The Kier molecular flexibility index (Phi) is 3.04. The second-order valence-electron chi connectivity index (χ2n) is 5.19. The van der Waals surface area contributed by atoms with Gasteiger partial charge in [-0.05, 0) is 42.4 Å². The monoisotopic (exact) mass is 215 g/mol. The number of hydrogen-bond acceptors (Lipinski definition) is 1. The number of aryl methyl sites for hydroxylation is 1. The lowest BCUT2D eigenvalue weighted by atomic mass is 9.95. The van der Waals surface area contributed by atoms with Crippen molar-refractivity contribution in [2.45, 2.75) is 33.1 Å². The molecule has 1 aliphatic heterocycles. The normalized spacial score (nSPS) is 15.5. The fourth-order valence-electron chi connectivity index (χ4n) is 2.38. The van der Waals surface area contributed by atoms with E-state index in [1.54, 1.807) is 0 Å². The summed E-state index contributed by atoms with van der Waals surface area (Å²) in [5.74, 6) is 0.731. The van der Waals surface area contributed by atoms with Crippen molar-refractivity contribution >= 4 is 5.69 Å². The average molecular weight is 215 g/mol. The average Bonchev–Trinajstić information content (AvgIpc) is 2.23. The summed E-state index contributed by atoms with van der Waals surface area (Å²) in [6.07, 6.45) is 3.41. The third kappa shape index (κ3) is 2.13. The van der Waals surface area contributed by atoms with Crippen molar-refractivity contribution in [3.8, 4) is 0 Å². The first-order chi connectivity index (χ1) is 7.58. The van der Waals surface area contributed by atoms with Gasteiger partial charge in [-0.3, -0.25) is 0 Å². The van der Waals surface area contributed by atoms with E-state index in [9.17, 15) is 0 Å². The molecule has 2 rings (SSSR count). The van der Waals surface area contributed by atoms with Crippen molar-refractivity contribution in [3.05, 3.63) is 41.6 Å². The van der Waals surface area contributed by atoms with E-state index in [1.165, 1.54) is 28.9 Å². The zero-order valence-electron chi connectivity index (χ0n) is 10.6. The minimum absolute atomic E-state index is 0.731. The van der Waals surface area contributed by atoms with Crippen LogP contribution in [0, 0.1) is 5.92 Å². The van der Waals surface area contributed by atoms with E-state index in [0.29, 0.717) is 0 Å². The van der Waals surface area contributed by atoms with Gasteiger partial charge in [-0.1, -0.05) is 32.6 Å². The predicted molar refractivity (Wildman–Crippen MR) is 70.8 cm³/mol. The molecule has 1 nitrogen and oxygen atoms in total. The lowest BCUT2D eigenvalue weighted by molar-refractivity contribution is 0.646.